The minimum atomic E-state index is -0.235. The van der Waals surface area contributed by atoms with Crippen molar-refractivity contribution >= 4 is 17.5 Å². The Hall–Kier alpha value is -2.66. The molecule has 1 aliphatic rings. The minimum absolute atomic E-state index is 0.000121. The number of carbonyl (C=O) groups excluding carboxylic acids is 2. The summed E-state index contributed by atoms with van der Waals surface area (Å²) in [6.45, 7) is 5.67. The summed E-state index contributed by atoms with van der Waals surface area (Å²) in [5.41, 5.74) is 2.40. The first-order valence-electron chi connectivity index (χ1n) is 9.56. The molecule has 2 amide bonds. The van der Waals surface area contributed by atoms with Gasteiger partial charge in [0, 0.05) is 30.4 Å². The van der Waals surface area contributed by atoms with Crippen LogP contribution in [0.15, 0.2) is 54.6 Å². The summed E-state index contributed by atoms with van der Waals surface area (Å²) in [7, 11) is 0. The van der Waals surface area contributed by atoms with E-state index in [0.717, 1.165) is 37.2 Å². The molecule has 2 N–H and O–H groups in total. The van der Waals surface area contributed by atoms with E-state index >= 15 is 0 Å². The topological polar surface area (TPSA) is 61.4 Å². The van der Waals surface area contributed by atoms with E-state index in [2.05, 4.69) is 10.6 Å². The van der Waals surface area contributed by atoms with E-state index in [4.69, 9.17) is 0 Å². The highest BCUT2D eigenvalue weighted by atomic mass is 16.2. The number of rotatable bonds is 6. The van der Waals surface area contributed by atoms with E-state index in [9.17, 15) is 9.59 Å². The van der Waals surface area contributed by atoms with Gasteiger partial charge in [0.25, 0.3) is 5.91 Å². The molecule has 0 aliphatic carbocycles. The van der Waals surface area contributed by atoms with Gasteiger partial charge >= 0.3 is 0 Å². The number of nitrogens with one attached hydrogen (secondary N) is 2. The molecule has 2 aromatic rings. The monoisotopic (exact) mass is 365 g/mol. The van der Waals surface area contributed by atoms with Crippen molar-refractivity contribution in [2.75, 3.05) is 18.4 Å². The molecule has 0 unspecified atom stereocenters. The Balaban J connectivity index is 1.62. The number of likely N-dealkylation sites (tertiary alicyclic amines) is 1. The van der Waals surface area contributed by atoms with Crippen LogP contribution >= 0.6 is 0 Å². The average Bonchev–Trinajstić information content (AvgIpc) is 3.23. The Morgan fingerprint density at radius 3 is 2.37 bits per heavy atom. The summed E-state index contributed by atoms with van der Waals surface area (Å²) in [6, 6.07) is 16.7. The second-order valence-corrected chi connectivity index (χ2v) is 7.09. The van der Waals surface area contributed by atoms with Crippen LogP contribution in [0, 0.1) is 0 Å². The van der Waals surface area contributed by atoms with Gasteiger partial charge in [0.2, 0.25) is 5.91 Å². The van der Waals surface area contributed by atoms with Crippen molar-refractivity contribution in [2.45, 2.75) is 38.8 Å². The van der Waals surface area contributed by atoms with Crippen LogP contribution in [-0.4, -0.2) is 35.8 Å². The molecule has 1 heterocycles. The number of hydrogen-bond donors (Lipinski definition) is 2. The van der Waals surface area contributed by atoms with Crippen LogP contribution in [-0.2, 0) is 4.79 Å². The lowest BCUT2D eigenvalue weighted by Crippen LogP contribution is -2.44. The van der Waals surface area contributed by atoms with Gasteiger partial charge in [-0.15, -0.1) is 0 Å². The van der Waals surface area contributed by atoms with E-state index in [1.54, 1.807) is 12.1 Å². The molecule has 1 fully saturated rings. The van der Waals surface area contributed by atoms with E-state index in [1.165, 1.54) is 0 Å². The Labute approximate surface area is 160 Å². The van der Waals surface area contributed by atoms with E-state index in [-0.39, 0.29) is 23.9 Å². The molecule has 2 atom stereocenters. The summed E-state index contributed by atoms with van der Waals surface area (Å²) in [6.07, 6.45) is 2.19. The normalized spacial score (nSPS) is 16.0. The summed E-state index contributed by atoms with van der Waals surface area (Å²) < 4.78 is 0. The Kier molecular flexibility index (Phi) is 6.24. The summed E-state index contributed by atoms with van der Waals surface area (Å²) in [5, 5.41) is 6.31. The van der Waals surface area contributed by atoms with Crippen LogP contribution in [0.25, 0.3) is 0 Å². The van der Waals surface area contributed by atoms with Gasteiger partial charge < -0.3 is 10.2 Å². The smallest absolute Gasteiger partial charge is 0.255 e. The quantitative estimate of drug-likeness (QED) is 0.822. The third kappa shape index (κ3) is 4.95. The van der Waals surface area contributed by atoms with Gasteiger partial charge in [-0.3, -0.25) is 14.9 Å². The molecule has 1 aliphatic heterocycles. The first-order chi connectivity index (χ1) is 13.0. The van der Waals surface area contributed by atoms with Crippen LogP contribution in [0.1, 0.15) is 48.7 Å². The van der Waals surface area contributed by atoms with Crippen LogP contribution in [0.2, 0.25) is 0 Å². The van der Waals surface area contributed by atoms with Crippen LogP contribution in [0.5, 0.6) is 0 Å². The number of benzene rings is 2. The fraction of sp³-hybridized carbons (Fsp3) is 0.364. The van der Waals surface area contributed by atoms with Gasteiger partial charge in [-0.05, 0) is 56.5 Å². The maximum atomic E-state index is 12.5. The van der Waals surface area contributed by atoms with Gasteiger partial charge in [-0.25, -0.2) is 0 Å². The standard InChI is InChI=1S/C22H27N3O2/c1-16(23-17(2)22(27)25-13-6-7-14-25)19-11-8-12-20(15-19)24-21(26)18-9-4-3-5-10-18/h3-5,8-12,15-17,23H,6-7,13-14H2,1-2H3,(H,24,26)/t16-,17+/m0/s1. The van der Waals surface area contributed by atoms with E-state index < -0.39 is 0 Å². The van der Waals surface area contributed by atoms with Crippen molar-refractivity contribution in [3.05, 3.63) is 65.7 Å². The lowest BCUT2D eigenvalue weighted by Gasteiger charge is -2.24. The number of hydrogen-bond acceptors (Lipinski definition) is 3. The molecule has 0 saturated carbocycles. The summed E-state index contributed by atoms with van der Waals surface area (Å²) in [4.78, 5) is 26.8. The van der Waals surface area contributed by atoms with Crippen molar-refractivity contribution in [3.8, 4) is 0 Å². The molecule has 1 saturated heterocycles. The molecular formula is C22H27N3O2. The third-order valence-corrected chi connectivity index (χ3v) is 4.97. The first-order valence-corrected chi connectivity index (χ1v) is 9.56. The lowest BCUT2D eigenvalue weighted by molar-refractivity contribution is -0.132. The van der Waals surface area contributed by atoms with Crippen molar-refractivity contribution < 1.29 is 9.59 Å². The van der Waals surface area contributed by atoms with Crippen molar-refractivity contribution in [1.82, 2.24) is 10.2 Å². The second-order valence-electron chi connectivity index (χ2n) is 7.09. The third-order valence-electron chi connectivity index (χ3n) is 4.97. The van der Waals surface area contributed by atoms with Crippen molar-refractivity contribution in [2.24, 2.45) is 0 Å². The van der Waals surface area contributed by atoms with Crippen LogP contribution in [0.4, 0.5) is 5.69 Å². The summed E-state index contributed by atoms with van der Waals surface area (Å²) in [5.74, 6) is 0.0267. The van der Waals surface area contributed by atoms with Gasteiger partial charge in [0.1, 0.15) is 0 Å². The highest BCUT2D eigenvalue weighted by Crippen LogP contribution is 2.19. The van der Waals surface area contributed by atoms with Gasteiger partial charge in [0.05, 0.1) is 6.04 Å². The fourth-order valence-electron chi connectivity index (χ4n) is 3.43. The SMILES string of the molecule is C[C@H](N[C@H](C)C(=O)N1CCCC1)c1cccc(NC(=O)c2ccccc2)c1. The highest BCUT2D eigenvalue weighted by Gasteiger charge is 2.24. The minimum Gasteiger partial charge on any atom is -0.341 e. The molecule has 3 rings (SSSR count). The molecular weight excluding hydrogens is 338 g/mol. The van der Waals surface area contributed by atoms with E-state index in [0.29, 0.717) is 5.56 Å². The average molecular weight is 365 g/mol. The van der Waals surface area contributed by atoms with Crippen LogP contribution < -0.4 is 10.6 Å². The highest BCUT2D eigenvalue weighted by molar-refractivity contribution is 6.04. The van der Waals surface area contributed by atoms with Crippen LogP contribution in [0.3, 0.4) is 0 Å². The van der Waals surface area contributed by atoms with Gasteiger partial charge in [0.15, 0.2) is 0 Å². The predicted molar refractivity (Wildman–Crippen MR) is 108 cm³/mol. The molecule has 0 spiro atoms. The maximum absolute atomic E-state index is 12.5. The second kappa shape index (κ2) is 8.82. The number of carbonyl (C=O) groups is 2. The Morgan fingerprint density at radius 2 is 1.67 bits per heavy atom. The number of nitrogens with zero attached hydrogens (tertiary/aromatic N) is 1. The first kappa shape index (κ1) is 19.1. The number of anilines is 1. The maximum Gasteiger partial charge on any atom is 0.255 e. The molecule has 5 nitrogen and oxygen atoms in total. The largest absolute Gasteiger partial charge is 0.341 e. The molecule has 0 aromatic heterocycles. The van der Waals surface area contributed by atoms with Crippen molar-refractivity contribution in [3.63, 3.8) is 0 Å². The summed E-state index contributed by atoms with van der Waals surface area (Å²) >= 11 is 0. The van der Waals surface area contributed by atoms with Crippen molar-refractivity contribution in [1.29, 1.82) is 0 Å². The Morgan fingerprint density at radius 1 is 0.963 bits per heavy atom. The fourth-order valence-corrected chi connectivity index (χ4v) is 3.43. The molecule has 27 heavy (non-hydrogen) atoms. The molecule has 142 valence electrons. The van der Waals surface area contributed by atoms with Gasteiger partial charge in [-0.1, -0.05) is 30.3 Å². The van der Waals surface area contributed by atoms with Gasteiger partial charge in [-0.2, -0.15) is 0 Å². The zero-order chi connectivity index (χ0) is 19.2. The molecule has 2 aromatic carbocycles. The molecule has 5 heteroatoms. The predicted octanol–water partition coefficient (Wildman–Crippen LogP) is 3.60. The zero-order valence-electron chi connectivity index (χ0n) is 15.9. The lowest BCUT2D eigenvalue weighted by atomic mass is 10.1. The zero-order valence-corrected chi connectivity index (χ0v) is 15.9. The molecule has 0 bridgehead atoms. The molecule has 0 radical (unpaired) electrons. The van der Waals surface area contributed by atoms with E-state index in [1.807, 2.05) is 61.2 Å². The Bertz CT molecular complexity index is 785. The number of amides is 2.